The monoisotopic (exact) mass is 1830 g/mol. The van der Waals surface area contributed by atoms with E-state index in [1.807, 2.05) is 0 Å². The Balaban J connectivity index is 0.000000109. The molecule has 4 heterocycles. The highest BCUT2D eigenvalue weighted by Gasteiger charge is 2.48. The van der Waals surface area contributed by atoms with Crippen molar-refractivity contribution in [3.63, 3.8) is 0 Å². The van der Waals surface area contributed by atoms with Crippen LogP contribution in [-0.2, 0) is 29.1 Å². The molecule has 4 aliphatic heterocycles. The van der Waals surface area contributed by atoms with Crippen molar-refractivity contribution in [2.24, 2.45) is 0 Å². The highest BCUT2D eigenvalue weighted by Crippen LogP contribution is 2.61. The summed E-state index contributed by atoms with van der Waals surface area (Å²) in [5, 5.41) is 19.0. The third-order valence-corrected chi connectivity index (χ3v) is 39.1. The molecule has 4 heteroatoms. The molecular formula is C137H113N3Si. The number of fused-ring (bicyclic) bond motifs is 23. The van der Waals surface area contributed by atoms with Crippen molar-refractivity contribution in [3.05, 3.63) is 455 Å². The third kappa shape index (κ3) is 13.1. The Morgan fingerprint density at radius 1 is 0.213 bits per heavy atom. The molecule has 28 rings (SSSR count). The first-order valence-corrected chi connectivity index (χ1v) is 53.3. The van der Waals surface area contributed by atoms with Crippen LogP contribution < -0.4 is 25.1 Å². The molecule has 0 amide bonds. The van der Waals surface area contributed by atoms with Crippen molar-refractivity contribution in [1.29, 1.82) is 0 Å². The third-order valence-electron chi connectivity index (χ3n) is 33.7. The molecule has 0 atom stereocenters. The van der Waals surface area contributed by atoms with Crippen molar-refractivity contribution >= 4 is 129 Å². The molecule has 1 fully saturated rings. The number of aryl methyl sites for hydroxylation is 5. The van der Waals surface area contributed by atoms with Gasteiger partial charge in [0.2, 0.25) is 0 Å². The highest BCUT2D eigenvalue weighted by atomic mass is 28.3. The normalized spacial score (nSPS) is 15.1. The summed E-state index contributed by atoms with van der Waals surface area (Å²) >= 11 is 0. The van der Waals surface area contributed by atoms with E-state index in [9.17, 15) is 0 Å². The summed E-state index contributed by atoms with van der Waals surface area (Å²) in [6, 6.07) is 148. The minimum absolute atomic E-state index is 0.0445. The zero-order valence-electron chi connectivity index (χ0n) is 82.6. The molecule has 141 heavy (non-hydrogen) atoms. The maximum atomic E-state index is 2.54. The zero-order chi connectivity index (χ0) is 95.4. The molecule has 0 bridgehead atoms. The molecule has 0 aromatic heterocycles. The smallest absolute Gasteiger partial charge is 0.123 e. The average molecular weight is 1830 g/mol. The lowest BCUT2D eigenvalue weighted by Crippen LogP contribution is -2.61. The number of para-hydroxylation sites is 3. The fraction of sp³-hybridized carbons (Fsp3) is 0.153. The first kappa shape index (κ1) is 85.9. The minimum Gasteiger partial charge on any atom is -0.345 e. The standard InChI is InChI=1S/C47H41NSi.C45H37N.C45H35N/c1-30-22-24-34-37(28-30)45(36-17-13-19-39-46(36)35-16-7-8-18-38(35)47(39,2)3)33-15-6-5-14-32(33)44(34)31-23-25-43-41(29-31)48(4)40-20-9-10-21-42(40)49(43)26-11-12-27-49;2*1-28-20-25-34-37(26-28)43(36-16-11-18-39-44(36)35-15-8-9-17-38(35)45(39,2)3)33-14-7-6-13-32(33)42(34)31-24-23-30-22-21-29-12-5-10-19-40(29)46(4)41(30)27-31/h5-10,13-25,28-29H,11-12,26-27H2,1-4H3;5-20,23-27H,21-22H2,1-4H3;5-27H,1-4H3. The Labute approximate surface area is 830 Å². The van der Waals surface area contributed by atoms with Gasteiger partial charge in [0.25, 0.3) is 0 Å². The number of hydrogen-bond donors (Lipinski definition) is 0. The van der Waals surface area contributed by atoms with E-state index in [1.54, 1.807) is 10.4 Å². The van der Waals surface area contributed by atoms with Crippen LogP contribution in [-0.4, -0.2) is 29.2 Å². The van der Waals surface area contributed by atoms with Crippen molar-refractivity contribution < 1.29 is 0 Å². The Kier molecular flexibility index (Phi) is 19.9. The van der Waals surface area contributed by atoms with E-state index in [2.05, 4.69) is 492 Å². The lowest BCUT2D eigenvalue weighted by atomic mass is 9.80. The molecule has 3 aliphatic carbocycles. The Bertz CT molecular complexity index is 8950. The Morgan fingerprint density at radius 2 is 0.525 bits per heavy atom. The number of anilines is 6. The van der Waals surface area contributed by atoms with Gasteiger partial charge in [-0.2, -0.15) is 0 Å². The maximum Gasteiger partial charge on any atom is 0.123 e. The fourth-order valence-electron chi connectivity index (χ4n) is 27.0. The first-order valence-electron chi connectivity index (χ1n) is 50.9. The van der Waals surface area contributed by atoms with Gasteiger partial charge in [-0.3, -0.25) is 0 Å². The minimum atomic E-state index is -1.79. The molecule has 0 N–H and O–H groups in total. The topological polar surface area (TPSA) is 9.72 Å². The van der Waals surface area contributed by atoms with Gasteiger partial charge in [-0.25, -0.2) is 0 Å². The quantitative estimate of drug-likeness (QED) is 0.121. The molecule has 7 aliphatic rings. The molecule has 3 nitrogen and oxygen atoms in total. The van der Waals surface area contributed by atoms with Gasteiger partial charge in [0.1, 0.15) is 8.07 Å². The van der Waals surface area contributed by atoms with Crippen molar-refractivity contribution in [2.75, 3.05) is 35.8 Å². The largest absolute Gasteiger partial charge is 0.345 e. The van der Waals surface area contributed by atoms with Gasteiger partial charge >= 0.3 is 0 Å². The van der Waals surface area contributed by atoms with Gasteiger partial charge in [0, 0.05) is 71.5 Å². The average Bonchev–Trinajstić information content (AvgIpc) is 1.69. The second kappa shape index (κ2) is 32.6. The predicted octanol–water partition coefficient (Wildman–Crippen LogP) is 35.4. The van der Waals surface area contributed by atoms with Crippen LogP contribution in [0.15, 0.2) is 382 Å². The summed E-state index contributed by atoms with van der Waals surface area (Å²) in [5.74, 6) is 0. The van der Waals surface area contributed by atoms with Crippen molar-refractivity contribution in [3.8, 4) is 100 Å². The van der Waals surface area contributed by atoms with Crippen LogP contribution in [0.3, 0.4) is 0 Å². The van der Waals surface area contributed by atoms with Crippen LogP contribution in [0.2, 0.25) is 12.1 Å². The second-order valence-electron chi connectivity index (χ2n) is 42.6. The maximum absolute atomic E-state index is 2.54. The molecule has 0 saturated carbocycles. The van der Waals surface area contributed by atoms with Gasteiger partial charge in [-0.05, 0) is 313 Å². The summed E-state index contributed by atoms with van der Waals surface area (Å²) in [5.41, 5.74) is 49.3. The van der Waals surface area contributed by atoms with Crippen LogP contribution >= 0.6 is 0 Å². The van der Waals surface area contributed by atoms with E-state index in [0.29, 0.717) is 0 Å². The summed E-state index contributed by atoms with van der Waals surface area (Å²) in [7, 11) is 4.91. The Morgan fingerprint density at radius 3 is 0.986 bits per heavy atom. The van der Waals surface area contributed by atoms with Crippen LogP contribution in [0, 0.1) is 20.8 Å². The van der Waals surface area contributed by atoms with E-state index in [1.165, 1.54) is 296 Å². The van der Waals surface area contributed by atoms with E-state index in [0.717, 1.165) is 12.8 Å². The second-order valence-corrected chi connectivity index (χ2v) is 46.8. The van der Waals surface area contributed by atoms with Gasteiger partial charge in [0.05, 0.1) is 0 Å². The summed E-state index contributed by atoms with van der Waals surface area (Å²) < 4.78 is 0. The van der Waals surface area contributed by atoms with Gasteiger partial charge < -0.3 is 14.7 Å². The number of hydrogen-bond acceptors (Lipinski definition) is 3. The lowest BCUT2D eigenvalue weighted by Gasteiger charge is -2.41. The van der Waals surface area contributed by atoms with E-state index in [4.69, 9.17) is 0 Å². The van der Waals surface area contributed by atoms with Crippen LogP contribution in [0.25, 0.3) is 177 Å². The molecule has 1 spiro atoms. The number of benzene rings is 21. The van der Waals surface area contributed by atoms with Gasteiger partial charge in [-0.1, -0.05) is 429 Å². The summed E-state index contributed by atoms with van der Waals surface area (Å²) in [6.45, 7) is 20.9. The van der Waals surface area contributed by atoms with Crippen LogP contribution in [0.1, 0.15) is 127 Å². The molecule has 0 unspecified atom stereocenters. The summed E-state index contributed by atoms with van der Waals surface area (Å²) in [6.07, 6.45) is 9.30. The van der Waals surface area contributed by atoms with Crippen molar-refractivity contribution in [1.82, 2.24) is 0 Å². The lowest BCUT2D eigenvalue weighted by molar-refractivity contribution is 0.660. The molecular weight excluding hydrogens is 1720 g/mol. The zero-order valence-corrected chi connectivity index (χ0v) is 83.6. The first-order chi connectivity index (χ1) is 68.7. The highest BCUT2D eigenvalue weighted by molar-refractivity contribution is 7.05. The van der Waals surface area contributed by atoms with Crippen molar-refractivity contribution in [2.45, 2.75) is 116 Å². The number of rotatable bonds is 6. The SMILES string of the molecule is Cc1ccc2c(-c3ccc4c(c3)N(C)c3ccccc3C=C4)c3ccccc3c(-c3cccc4c3-c3ccccc3C4(C)C)c2c1.Cc1ccc2c(-c3ccc4c(c3)N(C)c3ccccc3CC4)c3ccccc3c(-c3cccc4c3-c3ccccc3C4(C)C)c2c1.Cc1ccc2c(-c3ccc4c(c3)N(C)c3ccccc3[Si]43CCCC3)c3ccccc3c(-c3cccc4c3-c3ccccc3C4(C)C)c2c1. The molecule has 21 aromatic carbocycles. The predicted molar refractivity (Wildman–Crippen MR) is 608 cm³/mol. The van der Waals surface area contributed by atoms with Crippen LogP contribution in [0.5, 0.6) is 0 Å². The fourth-order valence-corrected chi connectivity index (χ4v) is 32.6. The Hall–Kier alpha value is -15.5. The molecule has 21 aromatic rings. The van der Waals surface area contributed by atoms with E-state index in [-0.39, 0.29) is 16.2 Å². The number of nitrogens with zero attached hydrogens (tertiary/aromatic N) is 3. The van der Waals surface area contributed by atoms with Crippen LogP contribution in [0.4, 0.5) is 34.1 Å². The summed E-state index contributed by atoms with van der Waals surface area (Å²) in [4.78, 5) is 7.22. The van der Waals surface area contributed by atoms with E-state index < -0.39 is 8.07 Å². The molecule has 1 saturated heterocycles. The molecule has 0 radical (unpaired) electrons. The molecule has 680 valence electrons. The van der Waals surface area contributed by atoms with E-state index >= 15 is 0 Å². The van der Waals surface area contributed by atoms with Gasteiger partial charge in [-0.15, -0.1) is 0 Å². The van der Waals surface area contributed by atoms with Gasteiger partial charge in [0.15, 0.2) is 0 Å².